The second-order valence-corrected chi connectivity index (χ2v) is 8.87. The van der Waals surface area contributed by atoms with Crippen molar-refractivity contribution >= 4 is 39.6 Å². The SMILES string of the molecule is CC#CC(=O)Nc1cc2c(Nc3ccc(Oc4ccn5ncnc5c4)c(F)c3)ncnc2cc1OCCN(C)C. The van der Waals surface area contributed by atoms with Crippen molar-refractivity contribution in [3.63, 3.8) is 0 Å². The largest absolute Gasteiger partial charge is 0.490 e. The predicted octanol–water partition coefficient (Wildman–Crippen LogP) is 4.25. The van der Waals surface area contributed by atoms with Crippen LogP contribution < -0.4 is 20.1 Å². The lowest BCUT2D eigenvalue weighted by atomic mass is 10.1. The van der Waals surface area contributed by atoms with Gasteiger partial charge in [-0.25, -0.2) is 23.9 Å². The Hall–Kier alpha value is -5.28. The number of amides is 1. The maximum Gasteiger partial charge on any atom is 0.300 e. The van der Waals surface area contributed by atoms with E-state index in [0.29, 0.717) is 58.4 Å². The predicted molar refractivity (Wildman–Crippen MR) is 148 cm³/mol. The molecule has 3 aromatic heterocycles. The van der Waals surface area contributed by atoms with Gasteiger partial charge >= 0.3 is 0 Å². The number of rotatable bonds is 9. The summed E-state index contributed by atoms with van der Waals surface area (Å²) in [5.74, 6) is 5.31. The van der Waals surface area contributed by atoms with Crippen LogP contribution in [0.25, 0.3) is 16.6 Å². The molecule has 3 heterocycles. The highest BCUT2D eigenvalue weighted by molar-refractivity contribution is 6.06. The highest BCUT2D eigenvalue weighted by Gasteiger charge is 2.14. The highest BCUT2D eigenvalue weighted by atomic mass is 19.1. The minimum atomic E-state index is -0.577. The van der Waals surface area contributed by atoms with Gasteiger partial charge in [-0.3, -0.25) is 4.79 Å². The zero-order valence-electron chi connectivity index (χ0n) is 22.0. The average molecular weight is 541 g/mol. The van der Waals surface area contributed by atoms with E-state index in [0.717, 1.165) is 0 Å². The molecule has 0 bridgehead atoms. The molecule has 40 heavy (non-hydrogen) atoms. The number of likely N-dealkylation sites (N-methyl/N-ethyl adjacent to an activating group) is 1. The summed E-state index contributed by atoms with van der Waals surface area (Å²) in [5, 5.41) is 10.5. The van der Waals surface area contributed by atoms with Crippen LogP contribution in [0.2, 0.25) is 0 Å². The number of carbonyl (C=O) groups is 1. The third-order valence-corrected chi connectivity index (χ3v) is 5.69. The zero-order valence-corrected chi connectivity index (χ0v) is 22.0. The first-order valence-electron chi connectivity index (χ1n) is 12.2. The Kier molecular flexibility index (Phi) is 7.65. The lowest BCUT2D eigenvalue weighted by Crippen LogP contribution is -2.20. The molecule has 0 fully saturated rings. The van der Waals surface area contributed by atoms with Gasteiger partial charge in [-0.2, -0.15) is 5.10 Å². The van der Waals surface area contributed by atoms with Gasteiger partial charge in [0.2, 0.25) is 0 Å². The molecule has 0 aliphatic rings. The minimum Gasteiger partial charge on any atom is -0.490 e. The van der Waals surface area contributed by atoms with Crippen LogP contribution in [0.1, 0.15) is 6.92 Å². The molecule has 5 rings (SSSR count). The Labute approximate surface area is 229 Å². The van der Waals surface area contributed by atoms with Gasteiger partial charge in [0.1, 0.15) is 36.6 Å². The van der Waals surface area contributed by atoms with Gasteiger partial charge in [0.15, 0.2) is 17.2 Å². The summed E-state index contributed by atoms with van der Waals surface area (Å²) >= 11 is 0. The van der Waals surface area contributed by atoms with Crippen LogP contribution in [0.4, 0.5) is 21.6 Å². The molecule has 2 aromatic carbocycles. The number of nitrogens with zero attached hydrogens (tertiary/aromatic N) is 6. The maximum absolute atomic E-state index is 15.0. The number of aromatic nitrogens is 5. The van der Waals surface area contributed by atoms with Crippen LogP contribution in [0, 0.1) is 17.7 Å². The number of halogens is 1. The number of hydrogen-bond acceptors (Lipinski definition) is 9. The molecule has 5 aromatic rings. The van der Waals surface area contributed by atoms with Crippen LogP contribution in [-0.4, -0.2) is 62.6 Å². The summed E-state index contributed by atoms with van der Waals surface area (Å²) in [7, 11) is 3.88. The molecule has 2 N–H and O–H groups in total. The van der Waals surface area contributed by atoms with Gasteiger partial charge < -0.3 is 25.0 Å². The van der Waals surface area contributed by atoms with Crippen molar-refractivity contribution in [2.24, 2.45) is 0 Å². The fourth-order valence-corrected chi connectivity index (χ4v) is 3.79. The summed E-state index contributed by atoms with van der Waals surface area (Å²) in [6.45, 7) is 2.66. The first kappa shape index (κ1) is 26.3. The zero-order chi connectivity index (χ0) is 28.1. The van der Waals surface area contributed by atoms with E-state index in [9.17, 15) is 4.79 Å². The van der Waals surface area contributed by atoms with Gasteiger partial charge in [0, 0.05) is 42.0 Å². The molecule has 11 nitrogen and oxygen atoms in total. The van der Waals surface area contributed by atoms with Gasteiger partial charge in [-0.05, 0) is 51.2 Å². The summed E-state index contributed by atoms with van der Waals surface area (Å²) < 4.78 is 28.2. The van der Waals surface area contributed by atoms with Crippen molar-refractivity contribution in [3.05, 3.63) is 67.1 Å². The Morgan fingerprint density at radius 2 is 1.95 bits per heavy atom. The van der Waals surface area contributed by atoms with E-state index < -0.39 is 11.7 Å². The van der Waals surface area contributed by atoms with Gasteiger partial charge in [0.25, 0.3) is 5.91 Å². The second kappa shape index (κ2) is 11.6. The van der Waals surface area contributed by atoms with E-state index in [4.69, 9.17) is 9.47 Å². The van der Waals surface area contributed by atoms with Crippen molar-refractivity contribution in [2.45, 2.75) is 6.92 Å². The van der Waals surface area contributed by atoms with E-state index >= 15 is 4.39 Å². The van der Waals surface area contributed by atoms with Crippen LogP contribution >= 0.6 is 0 Å². The summed E-state index contributed by atoms with van der Waals surface area (Å²) in [6.07, 6.45) is 4.49. The average Bonchev–Trinajstić information content (AvgIpc) is 3.39. The number of nitrogens with one attached hydrogen (secondary N) is 2. The van der Waals surface area contributed by atoms with Crippen molar-refractivity contribution < 1.29 is 18.7 Å². The minimum absolute atomic E-state index is 0.0449. The highest BCUT2D eigenvalue weighted by Crippen LogP contribution is 2.34. The molecule has 0 saturated heterocycles. The van der Waals surface area contributed by atoms with Crippen molar-refractivity contribution in [2.75, 3.05) is 37.9 Å². The van der Waals surface area contributed by atoms with Crippen LogP contribution in [0.5, 0.6) is 17.2 Å². The number of ether oxygens (including phenoxy) is 2. The van der Waals surface area contributed by atoms with Crippen molar-refractivity contribution in [3.8, 4) is 29.1 Å². The third-order valence-electron chi connectivity index (χ3n) is 5.69. The monoisotopic (exact) mass is 540 g/mol. The summed E-state index contributed by atoms with van der Waals surface area (Å²) in [4.78, 5) is 27.0. The molecule has 202 valence electrons. The number of pyridine rings is 1. The molecule has 0 spiro atoms. The molecular formula is C28H25FN8O3. The van der Waals surface area contributed by atoms with Crippen molar-refractivity contribution in [1.82, 2.24) is 29.5 Å². The smallest absolute Gasteiger partial charge is 0.300 e. The molecular weight excluding hydrogens is 515 g/mol. The normalized spacial score (nSPS) is 10.8. The molecule has 0 atom stereocenters. The summed E-state index contributed by atoms with van der Waals surface area (Å²) in [6, 6.07) is 11.2. The molecule has 0 aliphatic carbocycles. The first-order chi connectivity index (χ1) is 19.4. The van der Waals surface area contributed by atoms with Crippen LogP contribution in [0.3, 0.4) is 0 Å². The fourth-order valence-electron chi connectivity index (χ4n) is 3.79. The van der Waals surface area contributed by atoms with E-state index in [1.807, 2.05) is 19.0 Å². The van der Waals surface area contributed by atoms with E-state index in [1.54, 1.807) is 48.0 Å². The van der Waals surface area contributed by atoms with E-state index in [2.05, 4.69) is 42.5 Å². The Morgan fingerprint density at radius 3 is 2.75 bits per heavy atom. The molecule has 0 saturated carbocycles. The molecule has 1 amide bonds. The first-order valence-corrected chi connectivity index (χ1v) is 12.2. The number of carbonyl (C=O) groups excluding carboxylic acids is 1. The Balaban J connectivity index is 1.41. The molecule has 0 aliphatic heterocycles. The Bertz CT molecular complexity index is 1760. The van der Waals surface area contributed by atoms with Crippen LogP contribution in [0.15, 0.2) is 61.3 Å². The van der Waals surface area contributed by atoms with E-state index in [-0.39, 0.29) is 5.75 Å². The quantitative estimate of drug-likeness (QED) is 0.265. The number of benzene rings is 2. The lowest BCUT2D eigenvalue weighted by molar-refractivity contribution is -0.111. The number of anilines is 3. The molecule has 0 unspecified atom stereocenters. The topological polar surface area (TPSA) is 119 Å². The molecule has 0 radical (unpaired) electrons. The summed E-state index contributed by atoms with van der Waals surface area (Å²) in [5.41, 5.74) is 2.00. The van der Waals surface area contributed by atoms with Crippen LogP contribution in [-0.2, 0) is 4.79 Å². The Morgan fingerprint density at radius 1 is 1.07 bits per heavy atom. The fraction of sp³-hybridized carbons (Fsp3) is 0.179. The van der Waals surface area contributed by atoms with Gasteiger partial charge in [-0.1, -0.05) is 5.92 Å². The van der Waals surface area contributed by atoms with E-state index in [1.165, 1.54) is 24.8 Å². The number of hydrogen-bond donors (Lipinski definition) is 2. The van der Waals surface area contributed by atoms with Gasteiger partial charge in [0.05, 0.1) is 11.2 Å². The second-order valence-electron chi connectivity index (χ2n) is 8.87. The standard InChI is InChI=1S/C28H25FN8O3/c1-4-5-27(38)35-23-14-20-22(15-25(23)39-11-10-36(2)3)30-16-32-28(20)34-18-6-7-24(21(29)12-18)40-19-8-9-37-26(13-19)31-17-33-37/h6-9,12-17H,10-11H2,1-3H3,(H,35,38)(H,30,32,34). The maximum atomic E-state index is 15.0. The third kappa shape index (κ3) is 6.06. The lowest BCUT2D eigenvalue weighted by Gasteiger charge is -2.16. The number of fused-ring (bicyclic) bond motifs is 2. The molecule has 12 heteroatoms. The van der Waals surface area contributed by atoms with Gasteiger partial charge in [-0.15, -0.1) is 0 Å². The van der Waals surface area contributed by atoms with Crippen molar-refractivity contribution in [1.29, 1.82) is 0 Å².